The van der Waals surface area contributed by atoms with Gasteiger partial charge in [-0.15, -0.1) is 0 Å². The van der Waals surface area contributed by atoms with Crippen LogP contribution < -0.4 is 5.48 Å². The Bertz CT molecular complexity index is 523. The zero-order chi connectivity index (χ0) is 13.5. The second-order valence-electron chi connectivity index (χ2n) is 4.14. The smallest absolute Gasteiger partial charge is 0.247 e. The van der Waals surface area contributed by atoms with Crippen molar-refractivity contribution >= 4 is 5.91 Å². The Morgan fingerprint density at radius 2 is 1.68 bits per heavy atom. The normalized spacial score (nSPS) is 10.1. The average Bonchev–Trinajstić information content (AvgIpc) is 2.43. The fourth-order valence-corrected chi connectivity index (χ4v) is 1.61. The van der Waals surface area contributed by atoms with Crippen molar-refractivity contribution in [1.82, 2.24) is 5.48 Å². The van der Waals surface area contributed by atoms with Crippen LogP contribution in [0.5, 0.6) is 5.75 Å². The van der Waals surface area contributed by atoms with Gasteiger partial charge in [0, 0.05) is 0 Å². The van der Waals surface area contributed by atoms with E-state index in [4.69, 9.17) is 9.94 Å². The maximum absolute atomic E-state index is 11.6. The molecule has 0 aliphatic heterocycles. The van der Waals surface area contributed by atoms with Crippen molar-refractivity contribution in [1.29, 1.82) is 0 Å². The molecule has 0 saturated carbocycles. The molecule has 0 atom stereocenters. The Balaban J connectivity index is 1.74. The first-order valence-corrected chi connectivity index (χ1v) is 5.96. The molecular formula is C15H15NO3. The van der Waals surface area contributed by atoms with Crippen molar-refractivity contribution in [3.8, 4) is 5.75 Å². The highest BCUT2D eigenvalue weighted by atomic mass is 16.6. The predicted molar refractivity (Wildman–Crippen MR) is 71.2 cm³/mol. The number of amides is 1. The molecule has 0 radical (unpaired) electrons. The Morgan fingerprint density at radius 3 is 2.37 bits per heavy atom. The Labute approximate surface area is 111 Å². The van der Waals surface area contributed by atoms with Gasteiger partial charge < -0.3 is 5.11 Å². The molecule has 0 aromatic heterocycles. The number of rotatable bonds is 5. The Morgan fingerprint density at radius 1 is 1.00 bits per heavy atom. The molecule has 0 fully saturated rings. The number of carbonyl (C=O) groups is 1. The van der Waals surface area contributed by atoms with Crippen LogP contribution in [0.4, 0.5) is 0 Å². The highest BCUT2D eigenvalue weighted by Gasteiger charge is 2.03. The molecule has 4 nitrogen and oxygen atoms in total. The lowest BCUT2D eigenvalue weighted by Gasteiger charge is -2.06. The van der Waals surface area contributed by atoms with Gasteiger partial charge in [0.15, 0.2) is 0 Å². The molecule has 0 saturated heterocycles. The quantitative estimate of drug-likeness (QED) is 0.807. The van der Waals surface area contributed by atoms with Gasteiger partial charge >= 0.3 is 0 Å². The van der Waals surface area contributed by atoms with Gasteiger partial charge in [-0.25, -0.2) is 5.48 Å². The van der Waals surface area contributed by atoms with Crippen LogP contribution in [0.1, 0.15) is 11.1 Å². The van der Waals surface area contributed by atoms with E-state index in [2.05, 4.69) is 5.48 Å². The minimum atomic E-state index is -0.221. The van der Waals surface area contributed by atoms with E-state index in [0.29, 0.717) is 6.61 Å². The third kappa shape index (κ3) is 4.44. The number of benzene rings is 2. The van der Waals surface area contributed by atoms with Gasteiger partial charge in [0.05, 0.1) is 13.0 Å². The number of phenolic OH excluding ortho intramolecular Hbond substituents is 1. The van der Waals surface area contributed by atoms with Gasteiger partial charge in [-0.05, 0) is 23.3 Å². The zero-order valence-electron chi connectivity index (χ0n) is 10.4. The van der Waals surface area contributed by atoms with Crippen LogP contribution in [-0.4, -0.2) is 11.0 Å². The number of hydrogen-bond donors (Lipinski definition) is 2. The molecule has 0 unspecified atom stereocenters. The molecule has 2 aromatic carbocycles. The van der Waals surface area contributed by atoms with Gasteiger partial charge in [-0.1, -0.05) is 42.5 Å². The molecule has 2 N–H and O–H groups in total. The van der Waals surface area contributed by atoms with E-state index in [1.165, 1.54) is 0 Å². The SMILES string of the molecule is O=C(Cc1ccc(O)cc1)NOCc1ccccc1. The van der Waals surface area contributed by atoms with E-state index in [-0.39, 0.29) is 18.1 Å². The molecule has 0 bridgehead atoms. The summed E-state index contributed by atoms with van der Waals surface area (Å²) in [4.78, 5) is 16.7. The fourth-order valence-electron chi connectivity index (χ4n) is 1.61. The fraction of sp³-hybridized carbons (Fsp3) is 0.133. The average molecular weight is 257 g/mol. The molecular weight excluding hydrogens is 242 g/mol. The van der Waals surface area contributed by atoms with Gasteiger partial charge in [-0.3, -0.25) is 9.63 Å². The number of aromatic hydroxyl groups is 1. The first kappa shape index (κ1) is 13.1. The van der Waals surface area contributed by atoms with Gasteiger partial charge in [0.1, 0.15) is 5.75 Å². The molecule has 0 aliphatic rings. The van der Waals surface area contributed by atoms with E-state index < -0.39 is 0 Å². The van der Waals surface area contributed by atoms with Crippen LogP contribution in [0.3, 0.4) is 0 Å². The summed E-state index contributed by atoms with van der Waals surface area (Å²) in [5.74, 6) is -0.0360. The summed E-state index contributed by atoms with van der Waals surface area (Å²) in [5.41, 5.74) is 4.20. The Kier molecular flexibility index (Phi) is 4.53. The molecule has 19 heavy (non-hydrogen) atoms. The van der Waals surface area contributed by atoms with Gasteiger partial charge in [0.2, 0.25) is 5.91 Å². The Hall–Kier alpha value is -2.33. The van der Waals surface area contributed by atoms with Gasteiger partial charge in [-0.2, -0.15) is 0 Å². The van der Waals surface area contributed by atoms with Crippen molar-refractivity contribution in [3.05, 3.63) is 65.7 Å². The third-order valence-electron chi connectivity index (χ3n) is 2.57. The lowest BCUT2D eigenvalue weighted by molar-refractivity contribution is -0.133. The van der Waals surface area contributed by atoms with Crippen molar-refractivity contribution in [3.63, 3.8) is 0 Å². The topological polar surface area (TPSA) is 58.6 Å². The molecule has 2 aromatic rings. The van der Waals surface area contributed by atoms with E-state index >= 15 is 0 Å². The lowest BCUT2D eigenvalue weighted by atomic mass is 10.1. The largest absolute Gasteiger partial charge is 0.508 e. The van der Waals surface area contributed by atoms with Crippen LogP contribution in [-0.2, 0) is 22.7 Å². The molecule has 0 heterocycles. The maximum atomic E-state index is 11.6. The molecule has 4 heteroatoms. The van der Waals surface area contributed by atoms with Crippen molar-refractivity contribution < 1.29 is 14.7 Å². The minimum absolute atomic E-state index is 0.185. The van der Waals surface area contributed by atoms with Crippen LogP contribution in [0.2, 0.25) is 0 Å². The molecule has 2 rings (SSSR count). The zero-order valence-corrected chi connectivity index (χ0v) is 10.4. The molecule has 98 valence electrons. The number of phenols is 1. The summed E-state index contributed by atoms with van der Waals surface area (Å²) < 4.78 is 0. The molecule has 0 aliphatic carbocycles. The number of carbonyl (C=O) groups excluding carboxylic acids is 1. The highest BCUT2D eigenvalue weighted by Crippen LogP contribution is 2.09. The van der Waals surface area contributed by atoms with Crippen LogP contribution in [0, 0.1) is 0 Å². The first-order valence-electron chi connectivity index (χ1n) is 5.96. The first-order chi connectivity index (χ1) is 9.24. The van der Waals surface area contributed by atoms with E-state index in [9.17, 15) is 4.79 Å². The summed E-state index contributed by atoms with van der Waals surface area (Å²) in [5, 5.41) is 9.13. The summed E-state index contributed by atoms with van der Waals surface area (Å²) in [6.07, 6.45) is 0.217. The lowest BCUT2D eigenvalue weighted by Crippen LogP contribution is -2.25. The number of nitrogens with one attached hydrogen (secondary N) is 1. The second-order valence-corrected chi connectivity index (χ2v) is 4.14. The van der Waals surface area contributed by atoms with Crippen molar-refractivity contribution in [2.45, 2.75) is 13.0 Å². The standard InChI is InChI=1S/C15H15NO3/c17-14-8-6-12(7-9-14)10-15(18)16-19-11-13-4-2-1-3-5-13/h1-9,17H,10-11H2,(H,16,18). The minimum Gasteiger partial charge on any atom is -0.508 e. The highest BCUT2D eigenvalue weighted by molar-refractivity contribution is 5.77. The predicted octanol–water partition coefficient (Wildman–Crippen LogP) is 2.18. The van der Waals surface area contributed by atoms with Crippen LogP contribution >= 0.6 is 0 Å². The summed E-state index contributed by atoms with van der Waals surface area (Å²) in [6, 6.07) is 16.1. The third-order valence-corrected chi connectivity index (χ3v) is 2.57. The number of hydroxylamine groups is 1. The van der Waals surface area contributed by atoms with E-state index in [1.807, 2.05) is 30.3 Å². The maximum Gasteiger partial charge on any atom is 0.247 e. The van der Waals surface area contributed by atoms with Gasteiger partial charge in [0.25, 0.3) is 0 Å². The van der Waals surface area contributed by atoms with E-state index in [1.54, 1.807) is 24.3 Å². The summed E-state index contributed by atoms with van der Waals surface area (Å²) >= 11 is 0. The monoisotopic (exact) mass is 257 g/mol. The van der Waals surface area contributed by atoms with Crippen LogP contribution in [0.15, 0.2) is 54.6 Å². The molecule has 1 amide bonds. The van der Waals surface area contributed by atoms with Crippen molar-refractivity contribution in [2.24, 2.45) is 0 Å². The number of hydrogen-bond acceptors (Lipinski definition) is 3. The van der Waals surface area contributed by atoms with Crippen LogP contribution in [0.25, 0.3) is 0 Å². The summed E-state index contributed by atoms with van der Waals surface area (Å²) in [7, 11) is 0. The second kappa shape index (κ2) is 6.56. The summed E-state index contributed by atoms with van der Waals surface area (Å²) in [6.45, 7) is 0.335. The molecule has 0 spiro atoms. The van der Waals surface area contributed by atoms with Crippen molar-refractivity contribution in [2.75, 3.05) is 0 Å². The van der Waals surface area contributed by atoms with E-state index in [0.717, 1.165) is 11.1 Å².